The number of carbonyl (C=O) groups is 1. The van der Waals surface area contributed by atoms with Crippen LogP contribution < -0.4 is 20.1 Å². The summed E-state index contributed by atoms with van der Waals surface area (Å²) in [6.07, 6.45) is -12.5. The topological polar surface area (TPSA) is 150 Å². The van der Waals surface area contributed by atoms with Gasteiger partial charge in [0.2, 0.25) is 6.29 Å². The highest BCUT2D eigenvalue weighted by atomic mass is 19.4. The number of carboxylic acid groups (broad SMARTS) is 1. The number of aliphatic hydroxyl groups excluding tert-OH is 3. The summed E-state index contributed by atoms with van der Waals surface area (Å²) in [6.45, 7) is 0.827. The average Bonchev–Trinajstić information content (AvgIpc) is 2.88. The van der Waals surface area contributed by atoms with E-state index in [1.165, 1.54) is 0 Å². The Hall–Kier alpha value is -2.94. The van der Waals surface area contributed by atoms with Gasteiger partial charge in [0.1, 0.15) is 29.8 Å². The Bertz CT molecular complexity index is 1090. The molecule has 2 saturated heterocycles. The second kappa shape index (κ2) is 11.8. The minimum Gasteiger partial charge on any atom is -0.479 e. The van der Waals surface area contributed by atoms with Crippen molar-refractivity contribution < 1.29 is 52.6 Å². The Morgan fingerprint density at radius 3 is 2.50 bits per heavy atom. The van der Waals surface area contributed by atoms with Crippen LogP contribution in [0.3, 0.4) is 0 Å². The SMILES string of the molecule is O=C(O)[C@H]1O[C@@H](Oc2ccc(OC(F)(F)F)cc2CNC2CCCNC2c2ccccc2)[C@H](O)[C@@H](O)[C@@H]1O. The van der Waals surface area contributed by atoms with Gasteiger partial charge >= 0.3 is 12.3 Å². The maximum absolute atomic E-state index is 12.9. The van der Waals surface area contributed by atoms with Crippen LogP contribution in [-0.4, -0.2) is 76.1 Å². The van der Waals surface area contributed by atoms with Crippen molar-refractivity contribution >= 4 is 5.97 Å². The largest absolute Gasteiger partial charge is 0.573 e. The van der Waals surface area contributed by atoms with Gasteiger partial charge in [0.15, 0.2) is 6.10 Å². The molecule has 38 heavy (non-hydrogen) atoms. The van der Waals surface area contributed by atoms with Crippen LogP contribution in [0.15, 0.2) is 48.5 Å². The van der Waals surface area contributed by atoms with Crippen molar-refractivity contribution in [3.05, 3.63) is 59.7 Å². The number of nitrogens with one attached hydrogen (secondary N) is 2. The first-order valence-electron chi connectivity index (χ1n) is 12.0. The van der Waals surface area contributed by atoms with E-state index in [1.807, 2.05) is 30.3 Å². The van der Waals surface area contributed by atoms with Crippen molar-refractivity contribution in [3.8, 4) is 11.5 Å². The number of piperidine rings is 1. The van der Waals surface area contributed by atoms with E-state index >= 15 is 0 Å². The fourth-order valence-corrected chi connectivity index (χ4v) is 4.64. The molecule has 0 radical (unpaired) electrons. The normalized spacial score (nSPS) is 30.0. The molecule has 0 amide bonds. The molecule has 0 aromatic heterocycles. The molecule has 2 aliphatic heterocycles. The Balaban J connectivity index is 1.57. The predicted molar refractivity (Wildman–Crippen MR) is 125 cm³/mol. The summed E-state index contributed by atoms with van der Waals surface area (Å²) in [7, 11) is 0. The van der Waals surface area contributed by atoms with Crippen LogP contribution in [0.5, 0.6) is 11.5 Å². The van der Waals surface area contributed by atoms with Gasteiger partial charge in [0.25, 0.3) is 0 Å². The molecule has 2 unspecified atom stereocenters. The molecular formula is C25H29F3N2O8. The van der Waals surface area contributed by atoms with Crippen LogP contribution in [0.1, 0.15) is 30.0 Å². The highest BCUT2D eigenvalue weighted by molar-refractivity contribution is 5.73. The van der Waals surface area contributed by atoms with E-state index < -0.39 is 48.8 Å². The lowest BCUT2D eigenvalue weighted by Gasteiger charge is -2.38. The monoisotopic (exact) mass is 542 g/mol. The zero-order valence-electron chi connectivity index (χ0n) is 20.0. The highest BCUT2D eigenvalue weighted by Gasteiger charge is 2.48. The number of aliphatic carboxylic acids is 1. The van der Waals surface area contributed by atoms with Gasteiger partial charge in [-0.1, -0.05) is 30.3 Å². The zero-order valence-corrected chi connectivity index (χ0v) is 20.0. The second-order valence-corrected chi connectivity index (χ2v) is 9.14. The Morgan fingerprint density at radius 2 is 1.82 bits per heavy atom. The van der Waals surface area contributed by atoms with E-state index in [0.29, 0.717) is 0 Å². The number of hydrogen-bond donors (Lipinski definition) is 6. The second-order valence-electron chi connectivity index (χ2n) is 9.14. The molecule has 0 spiro atoms. The number of benzene rings is 2. The van der Waals surface area contributed by atoms with E-state index in [9.17, 15) is 38.4 Å². The van der Waals surface area contributed by atoms with Gasteiger partial charge in [-0.2, -0.15) is 0 Å². The molecule has 10 nitrogen and oxygen atoms in total. The Labute approximate surface area is 215 Å². The van der Waals surface area contributed by atoms with E-state index in [4.69, 9.17) is 9.47 Å². The van der Waals surface area contributed by atoms with Gasteiger partial charge in [-0.3, -0.25) is 0 Å². The minimum atomic E-state index is -4.93. The van der Waals surface area contributed by atoms with Gasteiger partial charge in [-0.25, -0.2) is 4.79 Å². The van der Waals surface area contributed by atoms with Crippen molar-refractivity contribution in [1.82, 2.24) is 10.6 Å². The van der Waals surface area contributed by atoms with Gasteiger partial charge in [0, 0.05) is 24.2 Å². The molecule has 2 heterocycles. The first kappa shape index (κ1) is 28.1. The van der Waals surface area contributed by atoms with Gasteiger partial charge in [0.05, 0.1) is 0 Å². The van der Waals surface area contributed by atoms with E-state index in [2.05, 4.69) is 15.4 Å². The van der Waals surface area contributed by atoms with Crippen LogP contribution in [0, 0.1) is 0 Å². The third-order valence-electron chi connectivity index (χ3n) is 6.49. The Kier molecular flexibility index (Phi) is 8.75. The molecule has 0 aliphatic carbocycles. The summed E-state index contributed by atoms with van der Waals surface area (Å²) in [6, 6.07) is 12.8. The minimum absolute atomic E-state index is 0.0242. The standard InChI is InChI=1S/C25H29F3N2O8/c26-25(27,28)38-15-8-9-17(36-24-21(33)19(31)20(32)22(37-24)23(34)35)14(11-15)12-30-16-7-4-10-29-18(16)13-5-2-1-3-6-13/h1-3,5-6,8-9,11,16,18-22,24,29-33H,4,7,10,12H2,(H,34,35)/t16?,18?,19-,20-,21+,22-,24+/m0/s1. The van der Waals surface area contributed by atoms with Crippen molar-refractivity contribution in [2.75, 3.05) is 6.54 Å². The van der Waals surface area contributed by atoms with Crippen molar-refractivity contribution in [1.29, 1.82) is 0 Å². The molecule has 4 rings (SSSR count). The molecule has 7 atom stereocenters. The summed E-state index contributed by atoms with van der Waals surface area (Å²) in [4.78, 5) is 11.4. The molecule has 2 fully saturated rings. The van der Waals surface area contributed by atoms with Gasteiger partial charge in [-0.05, 0) is 43.1 Å². The number of ether oxygens (including phenoxy) is 3. The molecule has 6 N–H and O–H groups in total. The van der Waals surface area contributed by atoms with Crippen LogP contribution >= 0.6 is 0 Å². The van der Waals surface area contributed by atoms with Crippen molar-refractivity contribution in [2.24, 2.45) is 0 Å². The number of rotatable bonds is 8. The summed E-state index contributed by atoms with van der Waals surface area (Å²) < 4.78 is 53.5. The van der Waals surface area contributed by atoms with Crippen molar-refractivity contribution in [2.45, 2.75) is 68.5 Å². The summed E-state index contributed by atoms with van der Waals surface area (Å²) in [5, 5.41) is 46.3. The first-order chi connectivity index (χ1) is 18.0. The summed E-state index contributed by atoms with van der Waals surface area (Å²) in [5.74, 6) is -2.14. The maximum Gasteiger partial charge on any atom is 0.573 e. The maximum atomic E-state index is 12.9. The van der Waals surface area contributed by atoms with Crippen LogP contribution in [0.4, 0.5) is 13.2 Å². The highest BCUT2D eigenvalue weighted by Crippen LogP contribution is 2.32. The number of halogens is 3. The van der Waals surface area contributed by atoms with Gasteiger partial charge in [-0.15, -0.1) is 13.2 Å². The number of carboxylic acids is 1. The predicted octanol–water partition coefficient (Wildman–Crippen LogP) is 1.44. The number of alkyl halides is 3. The molecule has 0 saturated carbocycles. The zero-order chi connectivity index (χ0) is 27.4. The summed E-state index contributed by atoms with van der Waals surface area (Å²) >= 11 is 0. The lowest BCUT2D eigenvalue weighted by Crippen LogP contribution is -2.61. The number of hydrogen-bond acceptors (Lipinski definition) is 9. The number of aliphatic hydroxyl groups is 3. The van der Waals surface area contributed by atoms with Crippen molar-refractivity contribution in [3.63, 3.8) is 0 Å². The lowest BCUT2D eigenvalue weighted by atomic mass is 9.92. The first-order valence-corrected chi connectivity index (χ1v) is 12.0. The molecule has 2 aliphatic rings. The third kappa shape index (κ3) is 6.73. The van der Waals surface area contributed by atoms with E-state index in [-0.39, 0.29) is 29.9 Å². The summed E-state index contributed by atoms with van der Waals surface area (Å²) in [5.41, 5.74) is 1.24. The fourth-order valence-electron chi connectivity index (χ4n) is 4.64. The smallest absolute Gasteiger partial charge is 0.479 e. The Morgan fingerprint density at radius 1 is 1.08 bits per heavy atom. The molecule has 2 aromatic carbocycles. The fraction of sp³-hybridized carbons (Fsp3) is 0.480. The lowest BCUT2D eigenvalue weighted by molar-refractivity contribution is -0.274. The van der Waals surface area contributed by atoms with Crippen LogP contribution in [0.2, 0.25) is 0 Å². The molecule has 13 heteroatoms. The molecule has 2 aromatic rings. The van der Waals surface area contributed by atoms with Crippen LogP contribution in [-0.2, 0) is 16.1 Å². The van der Waals surface area contributed by atoms with Crippen LogP contribution in [0.25, 0.3) is 0 Å². The van der Waals surface area contributed by atoms with E-state index in [1.54, 1.807) is 0 Å². The van der Waals surface area contributed by atoms with Gasteiger partial charge < -0.3 is 45.3 Å². The molecule has 208 valence electrons. The molecular weight excluding hydrogens is 513 g/mol. The third-order valence-corrected chi connectivity index (χ3v) is 6.49. The average molecular weight is 543 g/mol. The van der Waals surface area contributed by atoms with E-state index in [0.717, 1.165) is 43.1 Å². The molecule has 0 bridgehead atoms. The quantitative estimate of drug-likeness (QED) is 0.289.